The third-order valence-electron chi connectivity index (χ3n) is 4.44. The van der Waals surface area contributed by atoms with E-state index < -0.39 is 10.0 Å². The largest absolute Gasteiger partial charge is 0.377 e. The number of ether oxygens (including phenoxy) is 1. The minimum absolute atomic E-state index is 0.0629. The number of hydrogen-bond acceptors (Lipinski definition) is 5. The number of nitrogens with one attached hydrogen (secondary N) is 2. The Labute approximate surface area is 176 Å². The van der Waals surface area contributed by atoms with Crippen LogP contribution in [0.5, 0.6) is 0 Å². The van der Waals surface area contributed by atoms with Crippen molar-refractivity contribution in [3.05, 3.63) is 54.1 Å². The molecule has 1 aliphatic rings. The molecule has 0 spiro atoms. The molecule has 0 saturated carbocycles. The first-order valence-electron chi connectivity index (χ1n) is 9.63. The Bertz CT molecular complexity index is 937. The van der Waals surface area contributed by atoms with E-state index in [1.54, 1.807) is 30.0 Å². The molecule has 1 amide bonds. The summed E-state index contributed by atoms with van der Waals surface area (Å²) < 4.78 is 32.9. The molecule has 1 fully saturated rings. The second-order valence-corrected chi connectivity index (χ2v) is 10.5. The van der Waals surface area contributed by atoms with Gasteiger partial charge in [-0.25, -0.2) is 13.1 Å². The smallest absolute Gasteiger partial charge is 0.256 e. The molecule has 29 heavy (non-hydrogen) atoms. The molecule has 0 bridgehead atoms. The van der Waals surface area contributed by atoms with Gasteiger partial charge in [-0.3, -0.25) is 4.79 Å². The van der Waals surface area contributed by atoms with Crippen molar-refractivity contribution in [3.63, 3.8) is 0 Å². The molecule has 1 atom stereocenters. The first-order chi connectivity index (χ1) is 13.8. The highest BCUT2D eigenvalue weighted by atomic mass is 32.2. The standard InChI is InChI=1S/C21H26N2O4S2/c1-15(2)28-20-8-4-3-7-19(20)21(24)23-16-9-11-18(12-10-16)29(25,26)22-14-17-6-5-13-27-17/h3-4,7-12,15,17,22H,5-6,13-14H2,1-2H3,(H,23,24)/t17-/m0/s1. The van der Waals surface area contributed by atoms with Gasteiger partial charge in [0.05, 0.1) is 16.6 Å². The van der Waals surface area contributed by atoms with Crippen molar-refractivity contribution in [2.45, 2.75) is 47.8 Å². The molecule has 6 nitrogen and oxygen atoms in total. The molecule has 0 radical (unpaired) electrons. The zero-order valence-electron chi connectivity index (χ0n) is 16.6. The molecule has 1 aliphatic heterocycles. The van der Waals surface area contributed by atoms with Crippen molar-refractivity contribution in [1.82, 2.24) is 4.72 Å². The normalized spacial score (nSPS) is 16.9. The van der Waals surface area contributed by atoms with Gasteiger partial charge in [0.1, 0.15) is 0 Å². The topological polar surface area (TPSA) is 84.5 Å². The van der Waals surface area contributed by atoms with Gasteiger partial charge in [-0.15, -0.1) is 11.8 Å². The molecular weight excluding hydrogens is 408 g/mol. The van der Waals surface area contributed by atoms with Crippen molar-refractivity contribution < 1.29 is 17.9 Å². The lowest BCUT2D eigenvalue weighted by molar-refractivity contribution is 0.102. The molecule has 0 aromatic heterocycles. The van der Waals surface area contributed by atoms with Crippen LogP contribution in [0.4, 0.5) is 5.69 Å². The molecular formula is C21H26N2O4S2. The van der Waals surface area contributed by atoms with Crippen LogP contribution in [-0.2, 0) is 14.8 Å². The maximum atomic E-state index is 12.7. The van der Waals surface area contributed by atoms with Gasteiger partial charge < -0.3 is 10.1 Å². The lowest BCUT2D eigenvalue weighted by atomic mass is 10.2. The van der Waals surface area contributed by atoms with Crippen LogP contribution >= 0.6 is 11.8 Å². The summed E-state index contributed by atoms with van der Waals surface area (Å²) in [5, 5.41) is 3.20. The number of amides is 1. The predicted molar refractivity (Wildman–Crippen MR) is 116 cm³/mol. The summed E-state index contributed by atoms with van der Waals surface area (Å²) >= 11 is 1.63. The first kappa shape index (κ1) is 21.8. The monoisotopic (exact) mass is 434 g/mol. The number of carbonyl (C=O) groups excluding carboxylic acids is 1. The van der Waals surface area contributed by atoms with Crippen LogP contribution in [0.3, 0.4) is 0 Å². The fourth-order valence-electron chi connectivity index (χ4n) is 3.02. The van der Waals surface area contributed by atoms with Gasteiger partial charge in [-0.2, -0.15) is 0 Å². The SMILES string of the molecule is CC(C)Sc1ccccc1C(=O)Nc1ccc(S(=O)(=O)NC[C@@H]2CCCO2)cc1. The summed E-state index contributed by atoms with van der Waals surface area (Å²) in [7, 11) is -3.61. The van der Waals surface area contributed by atoms with E-state index >= 15 is 0 Å². The summed E-state index contributed by atoms with van der Waals surface area (Å²) in [5.41, 5.74) is 1.14. The van der Waals surface area contributed by atoms with Gasteiger partial charge in [0.2, 0.25) is 10.0 Å². The summed E-state index contributed by atoms with van der Waals surface area (Å²) in [6.45, 7) is 5.10. The van der Waals surface area contributed by atoms with Gasteiger partial charge in [0.15, 0.2) is 0 Å². The maximum Gasteiger partial charge on any atom is 0.256 e. The molecule has 2 N–H and O–H groups in total. The van der Waals surface area contributed by atoms with Crippen molar-refractivity contribution >= 4 is 33.4 Å². The van der Waals surface area contributed by atoms with Crippen molar-refractivity contribution in [1.29, 1.82) is 0 Å². The van der Waals surface area contributed by atoms with E-state index in [1.165, 1.54) is 12.1 Å². The fraction of sp³-hybridized carbons (Fsp3) is 0.381. The lowest BCUT2D eigenvalue weighted by Gasteiger charge is -2.13. The number of thioether (sulfide) groups is 1. The van der Waals surface area contributed by atoms with E-state index in [9.17, 15) is 13.2 Å². The van der Waals surface area contributed by atoms with E-state index in [2.05, 4.69) is 23.9 Å². The molecule has 8 heteroatoms. The van der Waals surface area contributed by atoms with Gasteiger partial charge in [0.25, 0.3) is 5.91 Å². The van der Waals surface area contributed by atoms with Crippen LogP contribution in [0, 0.1) is 0 Å². The maximum absolute atomic E-state index is 12.7. The van der Waals surface area contributed by atoms with Crippen LogP contribution in [0.25, 0.3) is 0 Å². The van der Waals surface area contributed by atoms with E-state index in [0.29, 0.717) is 23.1 Å². The molecule has 156 valence electrons. The zero-order valence-corrected chi connectivity index (χ0v) is 18.2. The Morgan fingerprint density at radius 1 is 1.17 bits per heavy atom. The Morgan fingerprint density at radius 2 is 1.90 bits per heavy atom. The minimum Gasteiger partial charge on any atom is -0.377 e. The highest BCUT2D eigenvalue weighted by molar-refractivity contribution is 8.00. The minimum atomic E-state index is -3.61. The molecule has 1 heterocycles. The summed E-state index contributed by atoms with van der Waals surface area (Å²) in [6, 6.07) is 13.6. The molecule has 0 unspecified atom stereocenters. The molecule has 3 rings (SSSR count). The molecule has 2 aromatic carbocycles. The van der Waals surface area contributed by atoms with E-state index in [-0.39, 0.29) is 23.5 Å². The van der Waals surface area contributed by atoms with Crippen molar-refractivity contribution in [3.8, 4) is 0 Å². The van der Waals surface area contributed by atoms with E-state index in [4.69, 9.17) is 4.74 Å². The van der Waals surface area contributed by atoms with Crippen molar-refractivity contribution in [2.24, 2.45) is 0 Å². The summed E-state index contributed by atoms with van der Waals surface area (Å²) in [4.78, 5) is 13.7. The first-order valence-corrected chi connectivity index (χ1v) is 12.0. The van der Waals surface area contributed by atoms with Crippen LogP contribution in [0.1, 0.15) is 37.0 Å². The highest BCUT2D eigenvalue weighted by Crippen LogP contribution is 2.27. The molecule has 1 saturated heterocycles. The Balaban J connectivity index is 1.65. The predicted octanol–water partition coefficient (Wildman–Crippen LogP) is 3.90. The second-order valence-electron chi connectivity index (χ2n) is 7.13. The third kappa shape index (κ3) is 6.05. The second kappa shape index (κ2) is 9.75. The number of sulfonamides is 1. The number of benzene rings is 2. The van der Waals surface area contributed by atoms with Crippen LogP contribution in [0.15, 0.2) is 58.3 Å². The van der Waals surface area contributed by atoms with Gasteiger partial charge in [0, 0.05) is 29.0 Å². The number of carbonyl (C=O) groups is 1. The average molecular weight is 435 g/mol. The summed E-state index contributed by atoms with van der Waals surface area (Å²) in [6.07, 6.45) is 1.76. The van der Waals surface area contributed by atoms with Gasteiger partial charge in [-0.1, -0.05) is 26.0 Å². The molecule has 2 aromatic rings. The van der Waals surface area contributed by atoms with Crippen molar-refractivity contribution in [2.75, 3.05) is 18.5 Å². The third-order valence-corrected chi connectivity index (χ3v) is 6.96. The summed E-state index contributed by atoms with van der Waals surface area (Å²) in [5.74, 6) is -0.221. The fourth-order valence-corrected chi connectivity index (χ4v) is 5.04. The zero-order chi connectivity index (χ0) is 20.9. The van der Waals surface area contributed by atoms with E-state index in [1.807, 2.05) is 18.2 Å². The van der Waals surface area contributed by atoms with Gasteiger partial charge >= 0.3 is 0 Å². The lowest BCUT2D eigenvalue weighted by Crippen LogP contribution is -2.31. The van der Waals surface area contributed by atoms with Crippen LogP contribution < -0.4 is 10.0 Å². The van der Waals surface area contributed by atoms with Crippen LogP contribution in [-0.4, -0.2) is 38.8 Å². The Morgan fingerprint density at radius 3 is 2.55 bits per heavy atom. The highest BCUT2D eigenvalue weighted by Gasteiger charge is 2.20. The van der Waals surface area contributed by atoms with Gasteiger partial charge in [-0.05, 0) is 49.2 Å². The number of hydrogen-bond donors (Lipinski definition) is 2. The van der Waals surface area contributed by atoms with Crippen LogP contribution in [0.2, 0.25) is 0 Å². The average Bonchev–Trinajstić information content (AvgIpc) is 3.20. The molecule has 0 aliphatic carbocycles. The number of anilines is 1. The Hall–Kier alpha value is -1.87. The quantitative estimate of drug-likeness (QED) is 0.616. The number of rotatable bonds is 8. The van der Waals surface area contributed by atoms with E-state index in [0.717, 1.165) is 17.7 Å². The Kier molecular flexibility index (Phi) is 7.34.